The van der Waals surface area contributed by atoms with Gasteiger partial charge in [-0.25, -0.2) is 0 Å². The van der Waals surface area contributed by atoms with Crippen LogP contribution in [0.5, 0.6) is 11.5 Å². The van der Waals surface area contributed by atoms with Crippen LogP contribution in [-0.4, -0.2) is 43.7 Å². The molecule has 1 fully saturated rings. The van der Waals surface area contributed by atoms with E-state index in [2.05, 4.69) is 0 Å². The van der Waals surface area contributed by atoms with E-state index in [1.165, 1.54) is 0 Å². The van der Waals surface area contributed by atoms with E-state index >= 15 is 0 Å². The molecule has 1 saturated heterocycles. The van der Waals surface area contributed by atoms with Gasteiger partial charge in [0.05, 0.1) is 19.6 Å². The summed E-state index contributed by atoms with van der Waals surface area (Å²) in [6, 6.07) is 15.8. The molecule has 2 aromatic rings. The average Bonchev–Trinajstić information content (AvgIpc) is 2.69. The van der Waals surface area contributed by atoms with E-state index in [0.29, 0.717) is 39.3 Å². The molecular formula is C20H21NO4. The smallest absolute Gasteiger partial charge is 0.227 e. The first kappa shape index (κ1) is 16.0. The molecule has 5 heteroatoms. The van der Waals surface area contributed by atoms with Gasteiger partial charge in [0.2, 0.25) is 5.91 Å². The fourth-order valence-electron chi connectivity index (χ4n) is 3.23. The molecule has 0 spiro atoms. The maximum absolute atomic E-state index is 12.7. The van der Waals surface area contributed by atoms with Crippen LogP contribution in [0, 0.1) is 0 Å². The van der Waals surface area contributed by atoms with Crippen molar-refractivity contribution in [1.29, 1.82) is 0 Å². The molecule has 0 aliphatic carbocycles. The van der Waals surface area contributed by atoms with Crippen molar-refractivity contribution in [2.75, 3.05) is 32.9 Å². The third-order valence-electron chi connectivity index (χ3n) is 4.55. The molecule has 2 aromatic carbocycles. The molecule has 0 unspecified atom stereocenters. The highest BCUT2D eigenvalue weighted by Crippen LogP contribution is 2.31. The van der Waals surface area contributed by atoms with Gasteiger partial charge in [0.25, 0.3) is 0 Å². The zero-order chi connectivity index (χ0) is 17.1. The Morgan fingerprint density at radius 2 is 1.80 bits per heavy atom. The molecule has 25 heavy (non-hydrogen) atoms. The number of hydrogen-bond donors (Lipinski definition) is 0. The summed E-state index contributed by atoms with van der Waals surface area (Å²) < 4.78 is 17.0. The minimum absolute atomic E-state index is 0.0563. The number of morpholine rings is 1. The van der Waals surface area contributed by atoms with Gasteiger partial charge in [-0.1, -0.05) is 36.4 Å². The zero-order valence-corrected chi connectivity index (χ0v) is 14.0. The summed E-state index contributed by atoms with van der Waals surface area (Å²) in [5, 5.41) is 0. The van der Waals surface area contributed by atoms with Gasteiger partial charge < -0.3 is 19.1 Å². The summed E-state index contributed by atoms with van der Waals surface area (Å²) in [6.45, 7) is 2.90. The van der Waals surface area contributed by atoms with E-state index in [1.807, 2.05) is 53.4 Å². The largest absolute Gasteiger partial charge is 0.486 e. The molecule has 130 valence electrons. The molecular weight excluding hydrogens is 318 g/mol. The van der Waals surface area contributed by atoms with Crippen LogP contribution in [0.3, 0.4) is 0 Å². The minimum Gasteiger partial charge on any atom is -0.486 e. The standard InChI is InChI=1S/C20H21NO4/c22-20(13-15-6-7-17-18(12-15)25-11-10-24-17)21-8-9-23-19(14-21)16-4-2-1-3-5-16/h1-7,12,19H,8-11,13-14H2/t19-/m0/s1. The highest BCUT2D eigenvalue weighted by Gasteiger charge is 2.25. The molecule has 0 aromatic heterocycles. The summed E-state index contributed by atoms with van der Waals surface area (Å²) in [4.78, 5) is 14.6. The van der Waals surface area contributed by atoms with Gasteiger partial charge >= 0.3 is 0 Å². The predicted octanol–water partition coefficient (Wildman–Crippen LogP) is 2.60. The molecule has 0 saturated carbocycles. The van der Waals surface area contributed by atoms with Gasteiger partial charge in [-0.05, 0) is 23.3 Å². The number of carbonyl (C=O) groups is 1. The number of carbonyl (C=O) groups excluding carboxylic acids is 1. The Hall–Kier alpha value is -2.53. The first-order chi connectivity index (χ1) is 12.3. The summed E-state index contributed by atoms with van der Waals surface area (Å²) in [5.74, 6) is 1.58. The monoisotopic (exact) mass is 339 g/mol. The molecule has 2 aliphatic heterocycles. The number of nitrogens with zero attached hydrogens (tertiary/aromatic N) is 1. The highest BCUT2D eigenvalue weighted by atomic mass is 16.6. The molecule has 1 amide bonds. The van der Waals surface area contributed by atoms with E-state index < -0.39 is 0 Å². The second-order valence-corrected chi connectivity index (χ2v) is 6.26. The number of rotatable bonds is 3. The SMILES string of the molecule is O=C(Cc1ccc2c(c1)OCCO2)N1CCO[C@H](c2ccccc2)C1. The lowest BCUT2D eigenvalue weighted by Crippen LogP contribution is -2.43. The maximum atomic E-state index is 12.7. The van der Waals surface area contributed by atoms with Crippen molar-refractivity contribution in [3.8, 4) is 11.5 Å². The lowest BCUT2D eigenvalue weighted by molar-refractivity contribution is -0.138. The molecule has 0 bridgehead atoms. The average molecular weight is 339 g/mol. The fraction of sp³-hybridized carbons (Fsp3) is 0.350. The Bertz CT molecular complexity index is 747. The first-order valence-corrected chi connectivity index (χ1v) is 8.62. The molecule has 4 rings (SSSR count). The lowest BCUT2D eigenvalue weighted by Gasteiger charge is -2.33. The second-order valence-electron chi connectivity index (χ2n) is 6.26. The van der Waals surface area contributed by atoms with Crippen molar-refractivity contribution in [3.63, 3.8) is 0 Å². The van der Waals surface area contributed by atoms with Gasteiger partial charge in [0, 0.05) is 6.54 Å². The molecule has 2 heterocycles. The second kappa shape index (κ2) is 7.15. The fourth-order valence-corrected chi connectivity index (χ4v) is 3.23. The van der Waals surface area contributed by atoms with Gasteiger partial charge in [-0.15, -0.1) is 0 Å². The van der Waals surface area contributed by atoms with Gasteiger partial charge in [-0.3, -0.25) is 4.79 Å². The summed E-state index contributed by atoms with van der Waals surface area (Å²) in [6.07, 6.45) is 0.303. The van der Waals surface area contributed by atoms with Gasteiger partial charge in [0.1, 0.15) is 19.3 Å². The van der Waals surface area contributed by atoms with Crippen molar-refractivity contribution in [1.82, 2.24) is 4.90 Å². The topological polar surface area (TPSA) is 48.0 Å². The molecule has 5 nitrogen and oxygen atoms in total. The summed E-state index contributed by atoms with van der Waals surface area (Å²) in [5.41, 5.74) is 2.05. The third kappa shape index (κ3) is 3.61. The van der Waals surface area contributed by atoms with Crippen LogP contribution in [0.2, 0.25) is 0 Å². The van der Waals surface area contributed by atoms with Gasteiger partial charge in [-0.2, -0.15) is 0 Å². The normalized spacial score (nSPS) is 19.5. The zero-order valence-electron chi connectivity index (χ0n) is 14.0. The maximum Gasteiger partial charge on any atom is 0.227 e. The van der Waals surface area contributed by atoms with E-state index in [4.69, 9.17) is 14.2 Å². The minimum atomic E-state index is -0.0563. The van der Waals surface area contributed by atoms with E-state index in [-0.39, 0.29) is 12.0 Å². The van der Waals surface area contributed by atoms with Crippen LogP contribution in [0.25, 0.3) is 0 Å². The van der Waals surface area contributed by atoms with Crippen molar-refractivity contribution in [2.45, 2.75) is 12.5 Å². The van der Waals surface area contributed by atoms with Crippen LogP contribution in [0.1, 0.15) is 17.2 Å². The van der Waals surface area contributed by atoms with Gasteiger partial charge in [0.15, 0.2) is 11.5 Å². The number of fused-ring (bicyclic) bond motifs is 1. The molecule has 0 radical (unpaired) electrons. The molecule has 0 N–H and O–H groups in total. The van der Waals surface area contributed by atoms with Crippen molar-refractivity contribution < 1.29 is 19.0 Å². The lowest BCUT2D eigenvalue weighted by atomic mass is 10.1. The van der Waals surface area contributed by atoms with Crippen LogP contribution < -0.4 is 9.47 Å². The Labute approximate surface area is 147 Å². The number of ether oxygens (including phenoxy) is 3. The number of amides is 1. The Morgan fingerprint density at radius 3 is 2.64 bits per heavy atom. The van der Waals surface area contributed by atoms with E-state index in [9.17, 15) is 4.79 Å². The van der Waals surface area contributed by atoms with Crippen LogP contribution in [-0.2, 0) is 16.0 Å². The van der Waals surface area contributed by atoms with E-state index in [1.54, 1.807) is 0 Å². The number of hydrogen-bond acceptors (Lipinski definition) is 4. The Kier molecular flexibility index (Phi) is 4.57. The summed E-state index contributed by atoms with van der Waals surface area (Å²) in [7, 11) is 0. The third-order valence-corrected chi connectivity index (χ3v) is 4.55. The highest BCUT2D eigenvalue weighted by molar-refractivity contribution is 5.79. The predicted molar refractivity (Wildman–Crippen MR) is 92.9 cm³/mol. The Balaban J connectivity index is 1.42. The first-order valence-electron chi connectivity index (χ1n) is 8.62. The molecule has 1 atom stereocenters. The number of benzene rings is 2. The van der Waals surface area contributed by atoms with Crippen LogP contribution in [0.15, 0.2) is 48.5 Å². The van der Waals surface area contributed by atoms with Crippen molar-refractivity contribution in [2.24, 2.45) is 0 Å². The van der Waals surface area contributed by atoms with Crippen molar-refractivity contribution in [3.05, 3.63) is 59.7 Å². The van der Waals surface area contributed by atoms with Crippen LogP contribution >= 0.6 is 0 Å². The van der Waals surface area contributed by atoms with E-state index in [0.717, 1.165) is 22.6 Å². The molecule has 2 aliphatic rings. The summed E-state index contributed by atoms with van der Waals surface area (Å²) >= 11 is 0. The van der Waals surface area contributed by atoms with Crippen molar-refractivity contribution >= 4 is 5.91 Å². The Morgan fingerprint density at radius 1 is 1.00 bits per heavy atom. The van der Waals surface area contributed by atoms with Crippen LogP contribution in [0.4, 0.5) is 0 Å². The quantitative estimate of drug-likeness (QED) is 0.862.